The van der Waals surface area contributed by atoms with Gasteiger partial charge < -0.3 is 15.3 Å². The first-order valence-electron chi connectivity index (χ1n) is 34.5. The fourth-order valence-corrected chi connectivity index (χ4v) is 12.0. The van der Waals surface area contributed by atoms with Crippen molar-refractivity contribution in [1.82, 2.24) is 39.1 Å². The number of carbonyl (C=O) groups is 1. The molecule has 0 saturated carbocycles. The summed E-state index contributed by atoms with van der Waals surface area (Å²) >= 11 is 0. The maximum Gasteiger partial charge on any atom is 0.299 e. The third-order valence-corrected chi connectivity index (χ3v) is 17.6. The smallest absolute Gasteiger partial charge is 0.299 e. The van der Waals surface area contributed by atoms with E-state index >= 15 is 0 Å². The van der Waals surface area contributed by atoms with E-state index in [9.17, 15) is 39.3 Å². The molecule has 23 heteroatoms. The van der Waals surface area contributed by atoms with Gasteiger partial charge in [0.1, 0.15) is 17.1 Å². The third kappa shape index (κ3) is 16.5. The summed E-state index contributed by atoms with van der Waals surface area (Å²) in [5, 5.41) is 73.1. The third-order valence-electron chi connectivity index (χ3n) is 17.6. The minimum absolute atomic E-state index is 0.0258. The molecule has 0 aliphatic carbocycles. The van der Waals surface area contributed by atoms with Gasteiger partial charge in [0.15, 0.2) is 40.1 Å². The van der Waals surface area contributed by atoms with Crippen LogP contribution in [0.15, 0.2) is 255 Å². The number of aromatic nitrogens is 8. The van der Waals surface area contributed by atoms with Crippen LogP contribution in [0.3, 0.4) is 0 Å². The van der Waals surface area contributed by atoms with Crippen LogP contribution in [-0.4, -0.2) is 72.5 Å². The molecule has 14 rings (SSSR count). The Morgan fingerprint density at radius 2 is 0.726 bits per heavy atom. The molecule has 0 bridgehead atoms. The first kappa shape index (κ1) is 73.8. The fourth-order valence-electron chi connectivity index (χ4n) is 12.0. The molecule has 0 fully saturated rings. The van der Waals surface area contributed by atoms with E-state index in [1.807, 2.05) is 204 Å². The molecule has 0 saturated heterocycles. The lowest BCUT2D eigenvalue weighted by atomic mass is 10.1. The Bertz CT molecular complexity index is 5940. The number of nitrogens with one attached hydrogen (secondary N) is 4. The van der Waals surface area contributed by atoms with E-state index in [0.717, 1.165) is 80.6 Å². The second kappa shape index (κ2) is 32.7. The number of benzene rings is 10. The fraction of sp³-hybridized carbons (Fsp3) is 0.181. The van der Waals surface area contributed by atoms with Crippen LogP contribution in [0.25, 0.3) is 55.1 Å². The summed E-state index contributed by atoms with van der Waals surface area (Å²) in [7, 11) is 0. The predicted molar refractivity (Wildman–Crippen MR) is 419 cm³/mol. The number of carbonyl (C=O) groups excluding carboxylic acids is 1. The number of hydrogen-bond acceptors (Lipinski definition) is 15. The van der Waals surface area contributed by atoms with E-state index < -0.39 is 0 Å². The number of phenols is 3. The number of hydrogen-bond donors (Lipinski definition) is 7. The van der Waals surface area contributed by atoms with E-state index in [-0.39, 0.29) is 68.9 Å². The Kier molecular flexibility index (Phi) is 22.8. The molecule has 0 atom stereocenters. The van der Waals surface area contributed by atoms with Crippen molar-refractivity contribution in [1.29, 1.82) is 0 Å². The van der Waals surface area contributed by atoms with Gasteiger partial charge in [0.2, 0.25) is 0 Å². The molecule has 0 amide bonds. The van der Waals surface area contributed by atoms with E-state index in [1.54, 1.807) is 45.9 Å². The van der Waals surface area contributed by atoms with Crippen LogP contribution >= 0.6 is 0 Å². The highest BCUT2D eigenvalue weighted by molar-refractivity contribution is 6.00. The summed E-state index contributed by atoms with van der Waals surface area (Å²) < 4.78 is 5.86. The topological polar surface area (TPSA) is 315 Å². The quantitative estimate of drug-likeness (QED) is 0.0359. The molecule has 106 heavy (non-hydrogen) atoms. The Hall–Kier alpha value is -13.4. The molecule has 23 nitrogen and oxygen atoms in total. The number of nitrogens with zero attached hydrogens (tertiary/aromatic N) is 11. The molecule has 4 aromatic heterocycles. The second-order valence-electron chi connectivity index (χ2n) is 25.7. The van der Waals surface area contributed by atoms with E-state index in [0.29, 0.717) is 61.6 Å². The molecule has 0 aliphatic heterocycles. The number of fused-ring (bicyclic) bond motifs is 3. The van der Waals surface area contributed by atoms with Crippen molar-refractivity contribution in [2.75, 3.05) is 6.54 Å². The Balaban J connectivity index is 0.000000142. The lowest BCUT2D eigenvalue weighted by molar-refractivity contribution is -0.115. The summed E-state index contributed by atoms with van der Waals surface area (Å²) in [4.78, 5) is 66.2. The molecule has 0 radical (unpaired) electrons. The van der Waals surface area contributed by atoms with Gasteiger partial charge in [0.25, 0.3) is 22.2 Å². The number of Topliss-reactive ketones (excluding diaryl/α,β-unsaturated/α-hetero) is 1. The lowest BCUT2D eigenvalue weighted by Gasteiger charge is -2.05. The monoisotopic (exact) mass is 1420 g/mol. The second-order valence-corrected chi connectivity index (χ2v) is 25.7. The average molecular weight is 1420 g/mol. The van der Waals surface area contributed by atoms with Crippen molar-refractivity contribution in [3.05, 3.63) is 298 Å². The molecule has 4 heterocycles. The van der Waals surface area contributed by atoms with Crippen LogP contribution in [0, 0.1) is 48.5 Å². The number of aryl methyl sites for hydroxylation is 9. The maximum atomic E-state index is 12.8. The van der Waals surface area contributed by atoms with Crippen molar-refractivity contribution in [3.63, 3.8) is 0 Å². The highest BCUT2D eigenvalue weighted by atomic mass is 16.3. The van der Waals surface area contributed by atoms with Crippen LogP contribution in [-0.2, 0) is 17.6 Å². The number of aromatic amines is 4. The standard InChI is InChI=1S/C23H22N4O2.C22H20N4O2.C21H18N4O2.C17H21N3O2/c1-3-6-16-9-12-18(13-10-16)27-23(29)21(15(2)26-27)25-24-20-14-11-17-7-4-5-8-19(17)22(20)28;1-3-15-8-11-17(12-9-15)26-22(28)20(14(2)25-26)24-23-19-13-10-16-6-4-5-7-18(16)21(19)27;1-13-7-10-16(11-8-13)25-21(27)19(14(2)24-25)23-22-18-12-9-15-5-3-4-6-17(15)20(18)26;1-10-6-11(2)8-15(7-10)20-17(22)16(14(5)19-20)13(4)18-9-12(3)21/h4-5,7-14,26,28H,3,6H2,1-2H3;4-13,25,27H,3H2,1-2H3;3-12,24,26H,1-2H3;6-8,19H,9H2,1-5H3. The van der Waals surface area contributed by atoms with Crippen LogP contribution in [0.4, 0.5) is 34.1 Å². The highest BCUT2D eigenvalue weighted by Crippen LogP contribution is 2.38. The molecule has 10 aromatic carbocycles. The predicted octanol–water partition coefficient (Wildman–Crippen LogP) is 18.6. The van der Waals surface area contributed by atoms with Crippen LogP contribution in [0.1, 0.15) is 90.3 Å². The summed E-state index contributed by atoms with van der Waals surface area (Å²) in [5.41, 5.74) is 13.0. The van der Waals surface area contributed by atoms with Crippen molar-refractivity contribution in [2.24, 2.45) is 35.7 Å². The van der Waals surface area contributed by atoms with Gasteiger partial charge in [0.05, 0.1) is 51.9 Å². The first-order valence-corrected chi connectivity index (χ1v) is 34.5. The number of aromatic hydroxyl groups is 3. The number of azo groups is 3. The van der Waals surface area contributed by atoms with E-state index in [2.05, 4.69) is 76.0 Å². The summed E-state index contributed by atoms with van der Waals surface area (Å²) in [6.07, 6.45) is 3.02. The Morgan fingerprint density at radius 1 is 0.377 bits per heavy atom. The minimum atomic E-state index is -0.291. The van der Waals surface area contributed by atoms with Gasteiger partial charge in [-0.2, -0.15) is 0 Å². The van der Waals surface area contributed by atoms with E-state index in [1.165, 1.54) is 36.8 Å². The molecule has 0 spiro atoms. The van der Waals surface area contributed by atoms with E-state index in [4.69, 9.17) is 0 Å². The van der Waals surface area contributed by atoms with Crippen molar-refractivity contribution in [2.45, 2.75) is 95.4 Å². The van der Waals surface area contributed by atoms with Gasteiger partial charge >= 0.3 is 0 Å². The zero-order valence-electron chi connectivity index (χ0n) is 60.7. The molecule has 7 N–H and O–H groups in total. The largest absolute Gasteiger partial charge is 0.505 e. The zero-order valence-corrected chi connectivity index (χ0v) is 60.7. The number of aliphatic imine (C=N–C) groups is 1. The first-order chi connectivity index (χ1) is 51.0. The highest BCUT2D eigenvalue weighted by Gasteiger charge is 2.19. The number of phenolic OH excluding ortho intramolecular Hbond substituents is 3. The van der Waals surface area contributed by atoms with Gasteiger partial charge in [-0.05, 0) is 180 Å². The normalized spacial score (nSPS) is 11.6. The van der Waals surface area contributed by atoms with Gasteiger partial charge in [-0.15, -0.1) is 30.7 Å². The number of rotatable bonds is 16. The molecular weight excluding hydrogens is 1340 g/mol. The van der Waals surface area contributed by atoms with Crippen molar-refractivity contribution >= 4 is 77.9 Å². The summed E-state index contributed by atoms with van der Waals surface area (Å²) in [6.45, 7) is 20.7. The summed E-state index contributed by atoms with van der Waals surface area (Å²) in [6, 6.07) is 62.3. The average Bonchev–Trinajstić information content (AvgIpc) is 1.76. The minimum Gasteiger partial charge on any atom is -0.505 e. The van der Waals surface area contributed by atoms with Crippen LogP contribution < -0.4 is 22.2 Å². The molecule has 0 unspecified atom stereocenters. The Labute approximate surface area is 609 Å². The SMILES string of the molecule is CC(=O)CN=C(C)c1c(C)[nH]n(-c2cc(C)cc(C)c2)c1=O.CCCc1ccc(-n2[nH]c(C)c(N=Nc3ccc4ccccc4c3O)c2=O)cc1.CCc1ccc(-n2[nH]c(C)c(N=Nc3ccc4ccccc4c3O)c2=O)cc1.Cc1ccc(-n2[nH]c(C)c(N=Nc3ccc4ccccc4c3O)c2=O)cc1. The van der Waals surface area contributed by atoms with Crippen LogP contribution in [0.5, 0.6) is 17.2 Å². The molecule has 536 valence electrons. The Morgan fingerprint density at radius 3 is 1.09 bits per heavy atom. The molecule has 14 aromatic rings. The lowest BCUT2D eigenvalue weighted by Crippen LogP contribution is -2.20. The molecular formula is C83H81N15O8. The van der Waals surface area contributed by atoms with Crippen molar-refractivity contribution < 1.29 is 20.1 Å². The zero-order chi connectivity index (χ0) is 75.5. The van der Waals surface area contributed by atoms with Gasteiger partial charge in [-0.1, -0.05) is 159 Å². The van der Waals surface area contributed by atoms with Gasteiger partial charge in [-0.25, -0.2) is 18.7 Å². The van der Waals surface area contributed by atoms with Gasteiger partial charge in [-0.3, -0.25) is 49.4 Å². The van der Waals surface area contributed by atoms with Gasteiger partial charge in [0, 0.05) is 27.6 Å². The summed E-state index contributed by atoms with van der Waals surface area (Å²) in [5.74, 6) is 0.114. The number of H-pyrrole nitrogens is 4. The van der Waals surface area contributed by atoms with Crippen molar-refractivity contribution in [3.8, 4) is 40.0 Å². The molecule has 0 aliphatic rings. The maximum absolute atomic E-state index is 12.8. The number of ketones is 1. The van der Waals surface area contributed by atoms with Crippen LogP contribution in [0.2, 0.25) is 0 Å².